The Balaban J connectivity index is 1.75. The molecule has 1 unspecified atom stereocenters. The average Bonchev–Trinajstić information content (AvgIpc) is 3.25. The van der Waals surface area contributed by atoms with Gasteiger partial charge in [0.2, 0.25) is 0 Å². The maximum Gasteiger partial charge on any atom is 0.265 e. The Bertz CT molecular complexity index is 1280. The number of hydrogen-bond donors (Lipinski definition) is 0. The Morgan fingerprint density at radius 3 is 2.39 bits per heavy atom. The minimum atomic E-state index is -3.65. The fourth-order valence-corrected chi connectivity index (χ4v) is 6.89. The van der Waals surface area contributed by atoms with Gasteiger partial charge in [0.05, 0.1) is 10.9 Å². The highest BCUT2D eigenvalue weighted by atomic mass is 32.2. The summed E-state index contributed by atoms with van der Waals surface area (Å²) in [5, 5.41) is 0.578. The maximum absolute atomic E-state index is 13.4. The Morgan fingerprint density at radius 1 is 0.939 bits per heavy atom. The van der Waals surface area contributed by atoms with E-state index in [0.29, 0.717) is 28.8 Å². The predicted octanol–water partition coefficient (Wildman–Crippen LogP) is 6.00. The molecule has 1 heterocycles. The smallest absolute Gasteiger partial charge is 0.253 e. The quantitative estimate of drug-likeness (QED) is 0.437. The summed E-state index contributed by atoms with van der Waals surface area (Å²) in [5.74, 6) is 0.702. The Morgan fingerprint density at radius 2 is 1.67 bits per heavy atom. The number of thioether (sulfide) groups is 1. The minimum absolute atomic E-state index is 0.164. The third-order valence-corrected chi connectivity index (χ3v) is 9.02. The van der Waals surface area contributed by atoms with Crippen molar-refractivity contribution < 1.29 is 8.42 Å². The molecule has 0 bridgehead atoms. The zero-order chi connectivity index (χ0) is 23.6. The maximum atomic E-state index is 13.4. The summed E-state index contributed by atoms with van der Waals surface area (Å²) in [4.78, 5) is 5.40. The van der Waals surface area contributed by atoms with Gasteiger partial charge >= 0.3 is 0 Å². The summed E-state index contributed by atoms with van der Waals surface area (Å²) < 4.78 is 28.3. The third kappa shape index (κ3) is 5.17. The minimum Gasteiger partial charge on any atom is -0.253 e. The van der Waals surface area contributed by atoms with E-state index < -0.39 is 10.0 Å². The van der Waals surface area contributed by atoms with Crippen molar-refractivity contribution in [2.45, 2.75) is 45.1 Å². The number of aryl methyl sites for hydroxylation is 3. The van der Waals surface area contributed by atoms with Crippen LogP contribution in [-0.2, 0) is 16.4 Å². The van der Waals surface area contributed by atoms with E-state index >= 15 is 0 Å². The van der Waals surface area contributed by atoms with Gasteiger partial charge in [-0.15, -0.1) is 0 Å². The van der Waals surface area contributed by atoms with Crippen LogP contribution in [0, 0.1) is 27.7 Å². The highest BCUT2D eigenvalue weighted by Gasteiger charge is 2.33. The molecule has 3 aromatic rings. The first-order chi connectivity index (χ1) is 15.8. The van der Waals surface area contributed by atoms with Crippen molar-refractivity contribution in [2.75, 3.05) is 12.3 Å². The molecular formula is C27H30N2O2S2. The lowest BCUT2D eigenvalue weighted by Gasteiger charge is -2.22. The molecule has 0 amide bonds. The summed E-state index contributed by atoms with van der Waals surface area (Å²) in [6.45, 7) is 8.70. The standard InChI is InChI=1S/C27H30N2O2S2/c1-19-11-13-24(14-12-19)33(30,31)29-15-16-32-27(29)28-26(18-23-9-5-7-20(2)17-23)25-10-6-8-21(3)22(25)4/h5-14,17,26H,15-16,18H2,1-4H3/b28-27-. The molecule has 1 aliphatic heterocycles. The van der Waals surface area contributed by atoms with Crippen LogP contribution in [-0.4, -0.2) is 30.2 Å². The molecule has 1 fully saturated rings. The lowest BCUT2D eigenvalue weighted by Crippen LogP contribution is -2.32. The van der Waals surface area contributed by atoms with E-state index in [1.54, 1.807) is 12.1 Å². The van der Waals surface area contributed by atoms with Crippen LogP contribution in [0.4, 0.5) is 0 Å². The van der Waals surface area contributed by atoms with Gasteiger partial charge in [-0.05, 0) is 68.5 Å². The molecule has 1 aliphatic rings. The van der Waals surface area contributed by atoms with Crippen molar-refractivity contribution in [1.82, 2.24) is 4.31 Å². The van der Waals surface area contributed by atoms with Crippen molar-refractivity contribution in [3.05, 3.63) is 100 Å². The number of aliphatic imine (C=N–C) groups is 1. The number of benzene rings is 3. The molecule has 0 spiro atoms. The highest BCUT2D eigenvalue weighted by Crippen LogP contribution is 2.32. The second-order valence-corrected chi connectivity index (χ2v) is 11.6. The van der Waals surface area contributed by atoms with Crippen LogP contribution in [0.2, 0.25) is 0 Å². The van der Waals surface area contributed by atoms with Crippen molar-refractivity contribution in [3.8, 4) is 0 Å². The van der Waals surface area contributed by atoms with E-state index in [-0.39, 0.29) is 6.04 Å². The number of nitrogens with zero attached hydrogens (tertiary/aromatic N) is 2. The molecule has 1 atom stereocenters. The normalized spacial score (nSPS) is 16.4. The third-order valence-electron chi connectivity index (χ3n) is 6.13. The summed E-state index contributed by atoms with van der Waals surface area (Å²) in [7, 11) is -3.65. The fraction of sp³-hybridized carbons (Fsp3) is 0.296. The fourth-order valence-electron chi connectivity index (χ4n) is 4.11. The Kier molecular flexibility index (Phi) is 6.96. The highest BCUT2D eigenvalue weighted by molar-refractivity contribution is 8.15. The van der Waals surface area contributed by atoms with Gasteiger partial charge in [0, 0.05) is 12.3 Å². The molecule has 4 nitrogen and oxygen atoms in total. The monoisotopic (exact) mass is 478 g/mol. The van der Waals surface area contributed by atoms with Crippen molar-refractivity contribution >= 4 is 27.0 Å². The molecule has 172 valence electrons. The molecule has 4 rings (SSSR count). The topological polar surface area (TPSA) is 49.7 Å². The predicted molar refractivity (Wildman–Crippen MR) is 139 cm³/mol. The van der Waals surface area contributed by atoms with Crippen LogP contribution >= 0.6 is 11.8 Å². The van der Waals surface area contributed by atoms with E-state index in [2.05, 4.69) is 63.2 Å². The first-order valence-corrected chi connectivity index (χ1v) is 13.6. The van der Waals surface area contributed by atoms with Crippen LogP contribution in [0.15, 0.2) is 76.6 Å². The van der Waals surface area contributed by atoms with Crippen molar-refractivity contribution in [1.29, 1.82) is 0 Å². The summed E-state index contributed by atoms with van der Waals surface area (Å²) in [5.41, 5.74) is 7.00. The molecule has 0 aliphatic carbocycles. The molecule has 33 heavy (non-hydrogen) atoms. The number of amidine groups is 1. The van der Waals surface area contributed by atoms with E-state index in [1.165, 1.54) is 38.3 Å². The first kappa shape index (κ1) is 23.6. The lowest BCUT2D eigenvalue weighted by atomic mass is 9.93. The van der Waals surface area contributed by atoms with Gasteiger partial charge in [-0.1, -0.05) is 77.5 Å². The van der Waals surface area contributed by atoms with E-state index in [1.807, 2.05) is 19.1 Å². The van der Waals surface area contributed by atoms with Gasteiger partial charge in [0.25, 0.3) is 10.0 Å². The van der Waals surface area contributed by atoms with Gasteiger partial charge < -0.3 is 0 Å². The summed E-state index contributed by atoms with van der Waals surface area (Å²) >= 11 is 1.52. The van der Waals surface area contributed by atoms with Gasteiger partial charge in [0.15, 0.2) is 5.17 Å². The lowest BCUT2D eigenvalue weighted by molar-refractivity contribution is 0.537. The number of rotatable bonds is 6. The zero-order valence-electron chi connectivity index (χ0n) is 19.6. The largest absolute Gasteiger partial charge is 0.265 e. The molecule has 0 N–H and O–H groups in total. The van der Waals surface area contributed by atoms with Gasteiger partial charge in [-0.2, -0.15) is 0 Å². The number of hydrogen-bond acceptors (Lipinski definition) is 4. The van der Waals surface area contributed by atoms with E-state index in [0.717, 1.165) is 11.1 Å². The number of sulfonamides is 1. The van der Waals surface area contributed by atoms with Crippen LogP contribution in [0.5, 0.6) is 0 Å². The summed E-state index contributed by atoms with van der Waals surface area (Å²) in [6, 6.07) is 21.6. The van der Waals surface area contributed by atoms with Crippen LogP contribution < -0.4 is 0 Å². The average molecular weight is 479 g/mol. The molecule has 3 aromatic carbocycles. The van der Waals surface area contributed by atoms with Crippen LogP contribution in [0.25, 0.3) is 0 Å². The van der Waals surface area contributed by atoms with Gasteiger partial charge in [-0.3, -0.25) is 4.99 Å². The van der Waals surface area contributed by atoms with Crippen molar-refractivity contribution in [3.63, 3.8) is 0 Å². The van der Waals surface area contributed by atoms with Crippen LogP contribution in [0.1, 0.15) is 39.4 Å². The Hall–Kier alpha value is -2.57. The first-order valence-electron chi connectivity index (χ1n) is 11.2. The molecule has 0 radical (unpaired) electrons. The zero-order valence-corrected chi connectivity index (χ0v) is 21.2. The van der Waals surface area contributed by atoms with E-state index in [4.69, 9.17) is 4.99 Å². The van der Waals surface area contributed by atoms with Gasteiger partial charge in [-0.25, -0.2) is 12.7 Å². The molecule has 6 heteroatoms. The molecule has 0 aromatic heterocycles. The molecular weight excluding hydrogens is 448 g/mol. The van der Waals surface area contributed by atoms with Gasteiger partial charge in [0.1, 0.15) is 0 Å². The molecule has 0 saturated carbocycles. The second-order valence-electron chi connectivity index (χ2n) is 8.65. The van der Waals surface area contributed by atoms with Crippen molar-refractivity contribution in [2.24, 2.45) is 4.99 Å². The summed E-state index contributed by atoms with van der Waals surface area (Å²) in [6.07, 6.45) is 0.717. The van der Waals surface area contributed by atoms with E-state index in [9.17, 15) is 8.42 Å². The SMILES string of the molecule is Cc1ccc(S(=O)(=O)N2CCS/C2=N\C(Cc2cccc(C)c2)c2cccc(C)c2C)cc1. The Labute approximate surface area is 201 Å². The van der Waals surface area contributed by atoms with Crippen LogP contribution in [0.3, 0.4) is 0 Å². The second kappa shape index (κ2) is 9.74. The molecule has 1 saturated heterocycles.